The summed E-state index contributed by atoms with van der Waals surface area (Å²) in [6, 6.07) is 6.32. The fourth-order valence-corrected chi connectivity index (χ4v) is 4.15. The number of aromatic nitrogens is 1. The lowest BCUT2D eigenvalue weighted by molar-refractivity contribution is 0.170. The predicted molar refractivity (Wildman–Crippen MR) is 95.1 cm³/mol. The molecule has 0 radical (unpaired) electrons. The van der Waals surface area contributed by atoms with Gasteiger partial charge in [-0.25, -0.2) is 4.79 Å². The molecule has 1 aliphatic heterocycles. The fourth-order valence-electron chi connectivity index (χ4n) is 4.15. The van der Waals surface area contributed by atoms with Crippen molar-refractivity contribution in [1.82, 2.24) is 15.2 Å². The normalized spacial score (nSPS) is 23.6. The van der Waals surface area contributed by atoms with Gasteiger partial charge in [-0.2, -0.15) is 0 Å². The van der Waals surface area contributed by atoms with Crippen molar-refractivity contribution in [2.75, 3.05) is 6.54 Å². The van der Waals surface area contributed by atoms with Crippen LogP contribution >= 0.6 is 0 Å². The van der Waals surface area contributed by atoms with Crippen LogP contribution in [0.1, 0.15) is 67.5 Å². The van der Waals surface area contributed by atoms with Gasteiger partial charge in [0.1, 0.15) is 5.76 Å². The van der Waals surface area contributed by atoms with Gasteiger partial charge in [-0.1, -0.05) is 12.8 Å². The molecular weight excluding hydrogens is 314 g/mol. The topological polar surface area (TPSA) is 58.4 Å². The van der Waals surface area contributed by atoms with Crippen molar-refractivity contribution in [3.63, 3.8) is 0 Å². The number of carbonyl (C=O) groups is 1. The Morgan fingerprint density at radius 2 is 2.00 bits per heavy atom. The number of furan rings is 1. The van der Waals surface area contributed by atoms with Gasteiger partial charge in [0.15, 0.2) is 0 Å². The molecule has 3 heterocycles. The van der Waals surface area contributed by atoms with Crippen LogP contribution in [0.2, 0.25) is 0 Å². The third kappa shape index (κ3) is 3.41. The van der Waals surface area contributed by atoms with Gasteiger partial charge >= 0.3 is 6.03 Å². The lowest BCUT2D eigenvalue weighted by Gasteiger charge is -2.33. The minimum absolute atomic E-state index is 0.0442. The summed E-state index contributed by atoms with van der Waals surface area (Å²) in [5, 5.41) is 3.27. The highest BCUT2D eigenvalue weighted by Gasteiger charge is 2.30. The van der Waals surface area contributed by atoms with Crippen LogP contribution in [0, 0.1) is 0 Å². The molecule has 2 aromatic rings. The Morgan fingerprint density at radius 3 is 2.88 bits per heavy atom. The van der Waals surface area contributed by atoms with Crippen LogP contribution < -0.4 is 5.32 Å². The zero-order valence-electron chi connectivity index (χ0n) is 14.5. The second-order valence-electron chi connectivity index (χ2n) is 7.03. The quantitative estimate of drug-likeness (QED) is 0.883. The van der Waals surface area contributed by atoms with Crippen LogP contribution in [-0.2, 0) is 6.42 Å². The molecule has 0 bridgehead atoms. The molecule has 1 saturated heterocycles. The van der Waals surface area contributed by atoms with E-state index < -0.39 is 0 Å². The predicted octanol–water partition coefficient (Wildman–Crippen LogP) is 4.38. The van der Waals surface area contributed by atoms with Crippen molar-refractivity contribution in [2.24, 2.45) is 0 Å². The van der Waals surface area contributed by atoms with Crippen molar-refractivity contribution >= 4 is 6.03 Å². The van der Waals surface area contributed by atoms with Gasteiger partial charge in [0.25, 0.3) is 0 Å². The number of likely N-dealkylation sites (tertiary alicyclic amines) is 1. The Kier molecular flexibility index (Phi) is 4.72. The van der Waals surface area contributed by atoms with Crippen LogP contribution in [0.25, 0.3) is 0 Å². The van der Waals surface area contributed by atoms with E-state index in [9.17, 15) is 4.79 Å². The molecule has 2 unspecified atom stereocenters. The Bertz CT molecular complexity index is 713. The van der Waals surface area contributed by atoms with Gasteiger partial charge in [-0.15, -0.1) is 0 Å². The van der Waals surface area contributed by atoms with Gasteiger partial charge in [0, 0.05) is 30.9 Å². The molecule has 1 N–H and O–H groups in total. The van der Waals surface area contributed by atoms with E-state index in [0.717, 1.165) is 56.4 Å². The Hall–Kier alpha value is -2.30. The second-order valence-corrected chi connectivity index (χ2v) is 7.03. The zero-order valence-corrected chi connectivity index (χ0v) is 14.5. The molecule has 5 nitrogen and oxygen atoms in total. The highest BCUT2D eigenvalue weighted by Crippen LogP contribution is 2.33. The summed E-state index contributed by atoms with van der Waals surface area (Å²) < 4.78 is 5.55. The maximum absolute atomic E-state index is 13.1. The average Bonchev–Trinajstić information content (AvgIpc) is 2.99. The smallest absolute Gasteiger partial charge is 0.318 e. The van der Waals surface area contributed by atoms with Gasteiger partial charge in [0.2, 0.25) is 0 Å². The van der Waals surface area contributed by atoms with Crippen LogP contribution in [0.15, 0.2) is 41.3 Å². The third-order valence-corrected chi connectivity index (χ3v) is 5.45. The van der Waals surface area contributed by atoms with Crippen LogP contribution in [0.3, 0.4) is 0 Å². The number of urea groups is 1. The lowest BCUT2D eigenvalue weighted by atomic mass is 9.93. The first kappa shape index (κ1) is 16.2. The van der Waals surface area contributed by atoms with Crippen molar-refractivity contribution in [3.8, 4) is 0 Å². The number of carbonyl (C=O) groups excluding carboxylic acids is 1. The molecule has 2 amide bonds. The summed E-state index contributed by atoms with van der Waals surface area (Å²) in [7, 11) is 0. The number of fused-ring (bicyclic) bond motifs is 1. The molecule has 2 atom stereocenters. The van der Waals surface area contributed by atoms with E-state index in [2.05, 4.69) is 10.3 Å². The van der Waals surface area contributed by atoms with Gasteiger partial charge in [0.05, 0.1) is 18.3 Å². The van der Waals surface area contributed by atoms with Gasteiger partial charge in [-0.3, -0.25) is 4.98 Å². The standard InChI is InChI=1S/C20H25N3O2/c24-20(22-17-5-4-7-19-16(17)10-14-25-19)23-13-3-1-2-6-18(23)15-8-11-21-12-9-15/h8-12,14,17-18H,1-7,13H2,(H,22,24). The van der Waals surface area contributed by atoms with E-state index in [1.807, 2.05) is 35.5 Å². The van der Waals surface area contributed by atoms with Crippen LogP contribution in [0.4, 0.5) is 4.79 Å². The van der Waals surface area contributed by atoms with E-state index >= 15 is 0 Å². The number of rotatable bonds is 2. The highest BCUT2D eigenvalue weighted by molar-refractivity contribution is 5.75. The Balaban J connectivity index is 1.53. The number of aryl methyl sites for hydroxylation is 1. The fraction of sp³-hybridized carbons (Fsp3) is 0.500. The Labute approximate surface area is 148 Å². The van der Waals surface area contributed by atoms with E-state index in [-0.39, 0.29) is 18.1 Å². The SMILES string of the molecule is O=C(NC1CCCc2occc21)N1CCCCCC1c1ccncc1. The number of amides is 2. The van der Waals surface area contributed by atoms with E-state index in [1.54, 1.807) is 6.26 Å². The molecule has 25 heavy (non-hydrogen) atoms. The van der Waals surface area contributed by atoms with Gasteiger partial charge < -0.3 is 14.6 Å². The van der Waals surface area contributed by atoms with Crippen molar-refractivity contribution < 1.29 is 9.21 Å². The zero-order chi connectivity index (χ0) is 17.1. The van der Waals surface area contributed by atoms with Crippen molar-refractivity contribution in [2.45, 2.75) is 57.0 Å². The molecule has 4 rings (SSSR count). The monoisotopic (exact) mass is 339 g/mol. The molecule has 2 aliphatic rings. The lowest BCUT2D eigenvalue weighted by Crippen LogP contribution is -2.44. The summed E-state index contributed by atoms with van der Waals surface area (Å²) in [5.41, 5.74) is 2.33. The van der Waals surface area contributed by atoms with Gasteiger partial charge in [-0.05, 0) is 49.4 Å². The number of hydrogen-bond acceptors (Lipinski definition) is 3. The maximum Gasteiger partial charge on any atom is 0.318 e. The number of pyridine rings is 1. The molecule has 2 aromatic heterocycles. The summed E-state index contributed by atoms with van der Waals surface area (Å²) in [4.78, 5) is 19.2. The first-order valence-corrected chi connectivity index (χ1v) is 9.36. The molecule has 1 fully saturated rings. The third-order valence-electron chi connectivity index (χ3n) is 5.45. The van der Waals surface area contributed by atoms with Crippen LogP contribution in [0.5, 0.6) is 0 Å². The maximum atomic E-state index is 13.1. The number of nitrogens with zero attached hydrogens (tertiary/aromatic N) is 2. The summed E-state index contributed by atoms with van der Waals surface area (Å²) in [6.45, 7) is 0.809. The molecule has 0 saturated carbocycles. The first-order valence-electron chi connectivity index (χ1n) is 9.36. The largest absolute Gasteiger partial charge is 0.469 e. The molecule has 5 heteroatoms. The summed E-state index contributed by atoms with van der Waals surface area (Å²) >= 11 is 0. The molecule has 132 valence electrons. The average molecular weight is 339 g/mol. The number of nitrogens with one attached hydrogen (secondary N) is 1. The summed E-state index contributed by atoms with van der Waals surface area (Å²) in [6.07, 6.45) is 12.8. The van der Waals surface area contributed by atoms with Crippen LogP contribution in [-0.4, -0.2) is 22.5 Å². The summed E-state index contributed by atoms with van der Waals surface area (Å²) in [5.74, 6) is 1.03. The molecule has 0 aromatic carbocycles. The second kappa shape index (κ2) is 7.30. The molecule has 1 aliphatic carbocycles. The van der Waals surface area contributed by atoms with E-state index in [0.29, 0.717) is 0 Å². The van der Waals surface area contributed by atoms with E-state index in [1.165, 1.54) is 12.0 Å². The number of hydrogen-bond donors (Lipinski definition) is 1. The first-order chi connectivity index (χ1) is 12.3. The minimum Gasteiger partial charge on any atom is -0.469 e. The van der Waals surface area contributed by atoms with Crippen molar-refractivity contribution in [1.29, 1.82) is 0 Å². The van der Waals surface area contributed by atoms with E-state index in [4.69, 9.17) is 4.42 Å². The van der Waals surface area contributed by atoms with Crippen molar-refractivity contribution in [3.05, 3.63) is 53.7 Å². The molecule has 0 spiro atoms. The highest BCUT2D eigenvalue weighted by atomic mass is 16.3. The minimum atomic E-state index is 0.0442. The Morgan fingerprint density at radius 1 is 1.12 bits per heavy atom. The molecular formula is C20H25N3O2.